The van der Waals surface area contributed by atoms with Crippen LogP contribution >= 0.6 is 11.8 Å². The third-order valence-electron chi connectivity index (χ3n) is 5.67. The van der Waals surface area contributed by atoms with Gasteiger partial charge in [-0.25, -0.2) is 9.47 Å². The number of aliphatic hydroxyl groups is 1. The first-order chi connectivity index (χ1) is 13.7. The Morgan fingerprint density at radius 3 is 2.43 bits per heavy atom. The molecule has 1 aromatic carbocycles. The Morgan fingerprint density at radius 2 is 1.75 bits per heavy atom. The van der Waals surface area contributed by atoms with Crippen molar-refractivity contribution in [2.24, 2.45) is 0 Å². The molecular formula is C23H34N3OS+. The van der Waals surface area contributed by atoms with Gasteiger partial charge in [-0.1, -0.05) is 69.0 Å². The molecule has 28 heavy (non-hydrogen) atoms. The van der Waals surface area contributed by atoms with E-state index in [1.807, 2.05) is 18.5 Å². The smallest absolute Gasteiger partial charge is 0.353 e. The van der Waals surface area contributed by atoms with E-state index < -0.39 is 5.72 Å². The molecule has 1 aliphatic heterocycles. The van der Waals surface area contributed by atoms with E-state index in [1.54, 1.807) is 11.8 Å². The lowest BCUT2D eigenvalue weighted by molar-refractivity contribution is -0.685. The van der Waals surface area contributed by atoms with E-state index in [4.69, 9.17) is 0 Å². The molecule has 1 atom stereocenters. The summed E-state index contributed by atoms with van der Waals surface area (Å²) in [6.45, 7) is 3.61. The molecule has 5 heteroatoms. The maximum atomic E-state index is 11.7. The molecule has 0 saturated heterocycles. The molecule has 4 nitrogen and oxygen atoms in total. The molecule has 0 aliphatic carbocycles. The van der Waals surface area contributed by atoms with E-state index in [9.17, 15) is 5.11 Å². The number of anilines is 1. The van der Waals surface area contributed by atoms with Gasteiger partial charge in [0.25, 0.3) is 0 Å². The Labute approximate surface area is 174 Å². The van der Waals surface area contributed by atoms with Gasteiger partial charge in [-0.3, -0.25) is 0 Å². The van der Waals surface area contributed by atoms with E-state index in [0.29, 0.717) is 6.54 Å². The number of nitrogens with zero attached hydrogens (tertiary/aromatic N) is 3. The van der Waals surface area contributed by atoms with Crippen molar-refractivity contribution < 1.29 is 9.67 Å². The predicted molar refractivity (Wildman–Crippen MR) is 117 cm³/mol. The normalized spacial score (nSPS) is 18.5. The van der Waals surface area contributed by atoms with Crippen molar-refractivity contribution in [1.82, 2.24) is 4.98 Å². The third-order valence-corrected chi connectivity index (χ3v) is 6.41. The maximum Gasteiger partial charge on any atom is 0.396 e. The lowest BCUT2D eigenvalue weighted by Crippen LogP contribution is -2.46. The van der Waals surface area contributed by atoms with Crippen molar-refractivity contribution in [2.75, 3.05) is 17.7 Å². The van der Waals surface area contributed by atoms with Crippen LogP contribution in [0.2, 0.25) is 0 Å². The average Bonchev–Trinajstić information content (AvgIpc) is 3.02. The van der Waals surface area contributed by atoms with Crippen LogP contribution in [0.5, 0.6) is 0 Å². The molecule has 152 valence electrons. The highest BCUT2D eigenvalue weighted by atomic mass is 32.2. The zero-order valence-electron chi connectivity index (χ0n) is 17.3. The van der Waals surface area contributed by atoms with Gasteiger partial charge < -0.3 is 5.11 Å². The Hall–Kier alpha value is -1.59. The van der Waals surface area contributed by atoms with Gasteiger partial charge in [-0.2, -0.15) is 0 Å². The van der Waals surface area contributed by atoms with Crippen LogP contribution in [0, 0.1) is 0 Å². The Bertz CT molecular complexity index is 737. The van der Waals surface area contributed by atoms with Crippen molar-refractivity contribution in [3.63, 3.8) is 0 Å². The fraction of sp³-hybridized carbons (Fsp3) is 0.565. The molecule has 0 bridgehead atoms. The molecule has 1 aliphatic rings. The number of rotatable bonds is 11. The van der Waals surface area contributed by atoms with Crippen LogP contribution in [-0.2, 0) is 12.3 Å². The van der Waals surface area contributed by atoms with Crippen LogP contribution < -0.4 is 9.47 Å². The molecule has 0 radical (unpaired) electrons. The molecule has 1 aromatic heterocycles. The van der Waals surface area contributed by atoms with Gasteiger partial charge in [0.05, 0.1) is 12.7 Å². The van der Waals surface area contributed by atoms with E-state index in [1.165, 1.54) is 49.8 Å². The lowest BCUT2D eigenvalue weighted by Gasteiger charge is -2.28. The Balaban J connectivity index is 1.64. The first-order valence-electron chi connectivity index (χ1n) is 10.7. The molecule has 3 rings (SSSR count). The van der Waals surface area contributed by atoms with Gasteiger partial charge in [0, 0.05) is 16.5 Å². The molecule has 0 saturated carbocycles. The number of fused-ring (bicyclic) bond motifs is 1. The third kappa shape index (κ3) is 4.87. The summed E-state index contributed by atoms with van der Waals surface area (Å²) in [5.74, 6) is 0.863. The van der Waals surface area contributed by atoms with E-state index in [-0.39, 0.29) is 0 Å². The van der Waals surface area contributed by atoms with Crippen LogP contribution in [0.15, 0.2) is 47.6 Å². The van der Waals surface area contributed by atoms with Gasteiger partial charge >= 0.3 is 5.95 Å². The summed E-state index contributed by atoms with van der Waals surface area (Å²) < 4.78 is 2.06. The topological polar surface area (TPSA) is 40.2 Å². The first-order valence-corrected chi connectivity index (χ1v) is 11.9. The quantitative estimate of drug-likeness (QED) is 0.331. The number of aromatic nitrogens is 2. The molecule has 1 unspecified atom stereocenters. The summed E-state index contributed by atoms with van der Waals surface area (Å²) in [5, 5.41) is 11.7. The summed E-state index contributed by atoms with van der Waals surface area (Å²) in [6.07, 6.45) is 16.2. The molecule has 2 heterocycles. The average molecular weight is 401 g/mol. The molecule has 0 amide bonds. The summed E-state index contributed by atoms with van der Waals surface area (Å²) >= 11 is 1.72. The van der Waals surface area contributed by atoms with Crippen molar-refractivity contribution in [2.45, 2.75) is 75.5 Å². The van der Waals surface area contributed by atoms with E-state index >= 15 is 0 Å². The zero-order chi connectivity index (χ0) is 19.8. The van der Waals surface area contributed by atoms with Gasteiger partial charge in [-0.05, 0) is 24.8 Å². The van der Waals surface area contributed by atoms with E-state index in [2.05, 4.69) is 51.9 Å². The predicted octanol–water partition coefficient (Wildman–Crippen LogP) is 4.90. The van der Waals surface area contributed by atoms with Gasteiger partial charge in [0.1, 0.15) is 12.7 Å². The minimum atomic E-state index is -1.03. The number of thioether (sulfide) groups is 1. The minimum Gasteiger partial charge on any atom is -0.353 e. The van der Waals surface area contributed by atoms with Crippen LogP contribution in [0.1, 0.15) is 63.9 Å². The van der Waals surface area contributed by atoms with Crippen LogP contribution in [0.4, 0.5) is 5.95 Å². The Kier molecular flexibility index (Phi) is 7.74. The number of unbranched alkanes of at least 4 members (excludes halogenated alkanes) is 7. The second-order valence-corrected chi connectivity index (χ2v) is 8.60. The van der Waals surface area contributed by atoms with Gasteiger partial charge in [0.2, 0.25) is 5.72 Å². The molecular weight excluding hydrogens is 366 g/mol. The number of hydrogen-bond donors (Lipinski definition) is 1. The van der Waals surface area contributed by atoms with Crippen LogP contribution in [0.25, 0.3) is 0 Å². The highest BCUT2D eigenvalue weighted by Gasteiger charge is 2.51. The Morgan fingerprint density at radius 1 is 1.07 bits per heavy atom. The van der Waals surface area contributed by atoms with E-state index in [0.717, 1.165) is 24.5 Å². The largest absolute Gasteiger partial charge is 0.396 e. The van der Waals surface area contributed by atoms with Gasteiger partial charge in [-0.15, -0.1) is 11.8 Å². The second-order valence-electron chi connectivity index (χ2n) is 7.72. The van der Waals surface area contributed by atoms with Crippen molar-refractivity contribution in [3.05, 3.63) is 48.3 Å². The zero-order valence-corrected chi connectivity index (χ0v) is 18.1. The highest BCUT2D eigenvalue weighted by molar-refractivity contribution is 7.98. The maximum absolute atomic E-state index is 11.7. The fourth-order valence-corrected chi connectivity index (χ4v) is 4.43. The fourth-order valence-electron chi connectivity index (χ4n) is 4.02. The monoisotopic (exact) mass is 400 g/mol. The number of benzene rings is 1. The van der Waals surface area contributed by atoms with Crippen LogP contribution in [0.3, 0.4) is 0 Å². The summed E-state index contributed by atoms with van der Waals surface area (Å²) in [5.41, 5.74) is -0.0882. The van der Waals surface area contributed by atoms with Crippen molar-refractivity contribution >= 4 is 17.7 Å². The standard InChI is InChI=1S/C23H34N3OS/c1-3-4-5-6-7-8-9-10-18-26-22-24-16-11-17-25(22)19-23(26,27)20-12-14-21(28-2)15-13-20/h11-17,27H,3-10,18-19H2,1-2H3/q+1. The highest BCUT2D eigenvalue weighted by Crippen LogP contribution is 2.34. The molecule has 1 N–H and O–H groups in total. The van der Waals surface area contributed by atoms with Crippen molar-refractivity contribution in [1.29, 1.82) is 0 Å². The summed E-state index contributed by atoms with van der Waals surface area (Å²) in [7, 11) is 0. The van der Waals surface area contributed by atoms with Gasteiger partial charge in [0.15, 0.2) is 0 Å². The lowest BCUT2D eigenvalue weighted by atomic mass is 10.0. The van der Waals surface area contributed by atoms with Crippen molar-refractivity contribution in [3.8, 4) is 0 Å². The molecule has 0 fully saturated rings. The number of hydrogen-bond acceptors (Lipinski definition) is 4. The second kappa shape index (κ2) is 10.3. The molecule has 0 spiro atoms. The SMILES string of the molecule is CCCCCCCCCCN1c2nccc[n+]2CC1(O)c1ccc(SC)cc1. The minimum absolute atomic E-state index is 0.520. The summed E-state index contributed by atoms with van der Waals surface area (Å²) in [6, 6.07) is 10.2. The summed E-state index contributed by atoms with van der Waals surface area (Å²) in [4.78, 5) is 7.88. The molecule has 2 aromatic rings. The first kappa shape index (κ1) is 21.1. The van der Waals surface area contributed by atoms with Crippen LogP contribution in [-0.4, -0.2) is 22.9 Å².